The Morgan fingerprint density at radius 2 is 2.05 bits per heavy atom. The highest BCUT2D eigenvalue weighted by atomic mass is 79.9. The second kappa shape index (κ2) is 5.26. The Morgan fingerprint density at radius 3 is 2.75 bits per heavy atom. The number of benzene rings is 1. The predicted molar refractivity (Wildman–Crippen MR) is 84.7 cm³/mol. The van der Waals surface area contributed by atoms with Crippen LogP contribution in [0.2, 0.25) is 0 Å². The van der Waals surface area contributed by atoms with Crippen molar-refractivity contribution in [1.29, 1.82) is 0 Å². The van der Waals surface area contributed by atoms with Gasteiger partial charge in [0.05, 0.1) is 9.48 Å². The van der Waals surface area contributed by atoms with Crippen LogP contribution in [-0.2, 0) is 0 Å². The third kappa shape index (κ3) is 2.38. The van der Waals surface area contributed by atoms with Crippen molar-refractivity contribution in [2.75, 3.05) is 18.9 Å². The van der Waals surface area contributed by atoms with Gasteiger partial charge in [0.15, 0.2) is 11.5 Å². The fourth-order valence-electron chi connectivity index (χ4n) is 2.05. The molecule has 1 aliphatic heterocycles. The first kappa shape index (κ1) is 13.7. The summed E-state index contributed by atoms with van der Waals surface area (Å²) in [7, 11) is 0. The molecule has 1 aliphatic rings. The van der Waals surface area contributed by atoms with Gasteiger partial charge in [0, 0.05) is 11.5 Å². The van der Waals surface area contributed by atoms with E-state index in [0.29, 0.717) is 19.1 Å². The summed E-state index contributed by atoms with van der Waals surface area (Å²) in [5, 5.41) is 1.78. The maximum atomic E-state index is 6.11. The van der Waals surface area contributed by atoms with E-state index in [1.54, 1.807) is 0 Å². The van der Waals surface area contributed by atoms with Crippen molar-refractivity contribution in [3.8, 4) is 22.8 Å². The average molecular weight is 355 g/mol. The van der Waals surface area contributed by atoms with Crippen LogP contribution in [0.25, 0.3) is 11.3 Å². The maximum absolute atomic E-state index is 6.11. The van der Waals surface area contributed by atoms with Crippen molar-refractivity contribution in [3.63, 3.8) is 0 Å². The van der Waals surface area contributed by atoms with Crippen molar-refractivity contribution in [3.05, 3.63) is 21.6 Å². The summed E-state index contributed by atoms with van der Waals surface area (Å²) in [6.45, 7) is 5.36. The smallest absolute Gasteiger partial charge is 0.175 e. The Hall–Kier alpha value is -1.27. The summed E-state index contributed by atoms with van der Waals surface area (Å²) < 4.78 is 12.1. The predicted octanol–water partition coefficient (Wildman–Crippen LogP) is 4.05. The van der Waals surface area contributed by atoms with E-state index in [2.05, 4.69) is 34.8 Å². The van der Waals surface area contributed by atoms with E-state index < -0.39 is 0 Å². The van der Waals surface area contributed by atoms with Crippen LogP contribution in [0, 0.1) is 0 Å². The van der Waals surface area contributed by atoms with Crippen LogP contribution in [0.1, 0.15) is 24.8 Å². The lowest BCUT2D eigenvalue weighted by Gasteiger charge is -2.20. The van der Waals surface area contributed by atoms with Gasteiger partial charge in [-0.05, 0) is 28.1 Å². The quantitative estimate of drug-likeness (QED) is 0.883. The fourth-order valence-corrected chi connectivity index (χ4v) is 3.47. The van der Waals surface area contributed by atoms with E-state index in [4.69, 9.17) is 15.2 Å². The molecule has 0 saturated carbocycles. The highest BCUT2D eigenvalue weighted by Crippen LogP contribution is 2.43. The summed E-state index contributed by atoms with van der Waals surface area (Å²) in [5.41, 5.74) is 7.87. The molecule has 0 atom stereocenters. The Balaban J connectivity index is 2.08. The number of ether oxygens (including phenoxy) is 2. The van der Waals surface area contributed by atoms with Crippen molar-refractivity contribution in [1.82, 2.24) is 4.98 Å². The number of nitrogens with two attached hydrogens (primary N) is 1. The summed E-state index contributed by atoms with van der Waals surface area (Å²) in [6, 6.07) is 3.91. The molecule has 0 bridgehead atoms. The third-order valence-corrected chi connectivity index (χ3v) is 4.81. The van der Waals surface area contributed by atoms with Crippen LogP contribution in [0.3, 0.4) is 0 Å². The first-order valence-electron chi connectivity index (χ1n) is 6.42. The molecule has 0 spiro atoms. The highest BCUT2D eigenvalue weighted by Gasteiger charge is 2.20. The molecule has 106 valence electrons. The van der Waals surface area contributed by atoms with Gasteiger partial charge in [-0.3, -0.25) is 0 Å². The van der Waals surface area contributed by atoms with Gasteiger partial charge in [-0.25, -0.2) is 4.98 Å². The summed E-state index contributed by atoms with van der Waals surface area (Å²) in [4.78, 5) is 4.65. The van der Waals surface area contributed by atoms with Crippen LogP contribution in [-0.4, -0.2) is 18.2 Å². The molecular weight excluding hydrogens is 340 g/mol. The Kier molecular flexibility index (Phi) is 3.60. The molecule has 0 unspecified atom stereocenters. The Morgan fingerprint density at radius 1 is 1.30 bits per heavy atom. The van der Waals surface area contributed by atoms with Crippen LogP contribution in [0.5, 0.6) is 11.5 Å². The third-order valence-electron chi connectivity index (χ3n) is 3.03. The largest absolute Gasteiger partial charge is 0.486 e. The number of hydrogen-bond acceptors (Lipinski definition) is 5. The highest BCUT2D eigenvalue weighted by molar-refractivity contribution is 9.10. The molecular formula is C14H15BrN2O2S. The van der Waals surface area contributed by atoms with Crippen molar-refractivity contribution >= 4 is 32.3 Å². The van der Waals surface area contributed by atoms with E-state index in [9.17, 15) is 0 Å². The number of anilines is 1. The van der Waals surface area contributed by atoms with E-state index in [1.165, 1.54) is 11.3 Å². The first-order chi connectivity index (χ1) is 9.56. The monoisotopic (exact) mass is 354 g/mol. The van der Waals surface area contributed by atoms with E-state index in [-0.39, 0.29) is 0 Å². The molecule has 2 aromatic rings. The number of hydrogen-bond donors (Lipinski definition) is 1. The molecule has 0 amide bonds. The molecule has 0 aliphatic carbocycles. The van der Waals surface area contributed by atoms with Gasteiger partial charge < -0.3 is 15.2 Å². The number of fused-ring (bicyclic) bond motifs is 1. The topological polar surface area (TPSA) is 57.4 Å². The molecule has 0 saturated heterocycles. The van der Waals surface area contributed by atoms with Gasteiger partial charge in [-0.15, -0.1) is 11.3 Å². The zero-order chi connectivity index (χ0) is 14.3. The molecule has 2 N–H and O–H groups in total. The second-order valence-electron chi connectivity index (χ2n) is 4.90. The first-order valence-corrected chi connectivity index (χ1v) is 8.03. The Bertz CT molecular complexity index is 655. The number of nitrogens with zero attached hydrogens (tertiary/aromatic N) is 1. The van der Waals surface area contributed by atoms with Gasteiger partial charge >= 0.3 is 0 Å². The van der Waals surface area contributed by atoms with Gasteiger partial charge in [-0.1, -0.05) is 13.8 Å². The second-order valence-corrected chi connectivity index (χ2v) is 6.82. The van der Waals surface area contributed by atoms with E-state index in [0.717, 1.165) is 37.2 Å². The van der Waals surface area contributed by atoms with E-state index >= 15 is 0 Å². The number of nitrogen functional groups attached to an aromatic ring is 1. The summed E-state index contributed by atoms with van der Waals surface area (Å²) in [6.07, 6.45) is 0. The van der Waals surface area contributed by atoms with Crippen LogP contribution in [0.15, 0.2) is 16.6 Å². The van der Waals surface area contributed by atoms with Crippen LogP contribution < -0.4 is 15.2 Å². The maximum Gasteiger partial charge on any atom is 0.175 e. The zero-order valence-corrected chi connectivity index (χ0v) is 13.7. The number of rotatable bonds is 2. The molecule has 4 nitrogen and oxygen atoms in total. The standard InChI is InChI=1S/C14H15BrN2O2S/c1-7(2)14-17-11(13(16)20-14)8-5-9(15)12-10(6-8)18-3-4-19-12/h5-7H,3-4,16H2,1-2H3. The summed E-state index contributed by atoms with van der Waals surface area (Å²) >= 11 is 5.06. The van der Waals surface area contributed by atoms with Crippen LogP contribution in [0.4, 0.5) is 5.00 Å². The molecule has 0 fully saturated rings. The molecule has 6 heteroatoms. The molecule has 20 heavy (non-hydrogen) atoms. The minimum Gasteiger partial charge on any atom is -0.486 e. The van der Waals surface area contributed by atoms with Crippen molar-refractivity contribution in [2.45, 2.75) is 19.8 Å². The van der Waals surface area contributed by atoms with Crippen molar-refractivity contribution < 1.29 is 9.47 Å². The van der Waals surface area contributed by atoms with Crippen molar-refractivity contribution in [2.24, 2.45) is 0 Å². The SMILES string of the molecule is CC(C)c1nc(-c2cc(Br)c3c(c2)OCCO3)c(N)s1. The zero-order valence-electron chi connectivity index (χ0n) is 11.3. The molecule has 3 rings (SSSR count). The molecule has 2 heterocycles. The van der Waals surface area contributed by atoms with Gasteiger partial charge in [0.25, 0.3) is 0 Å². The molecule has 0 radical (unpaired) electrons. The number of aromatic nitrogens is 1. The normalized spacial score (nSPS) is 13.8. The van der Waals surface area contributed by atoms with Gasteiger partial charge in [0.2, 0.25) is 0 Å². The lowest BCUT2D eigenvalue weighted by atomic mass is 10.1. The molecule has 1 aromatic heterocycles. The minimum atomic E-state index is 0.372. The van der Waals surface area contributed by atoms with E-state index in [1.807, 2.05) is 12.1 Å². The summed E-state index contributed by atoms with van der Waals surface area (Å²) in [5.74, 6) is 1.86. The Labute approximate surface area is 130 Å². The lowest BCUT2D eigenvalue weighted by molar-refractivity contribution is 0.170. The van der Waals surface area contributed by atoms with Crippen LogP contribution >= 0.6 is 27.3 Å². The lowest BCUT2D eigenvalue weighted by Crippen LogP contribution is -2.15. The minimum absolute atomic E-state index is 0.372. The average Bonchev–Trinajstić information content (AvgIpc) is 2.81. The van der Waals surface area contributed by atoms with Gasteiger partial charge in [0.1, 0.15) is 23.9 Å². The van der Waals surface area contributed by atoms with Gasteiger partial charge in [-0.2, -0.15) is 0 Å². The fraction of sp³-hybridized carbons (Fsp3) is 0.357. The number of halogens is 1. The number of thiazole rings is 1. The molecule has 1 aromatic carbocycles.